The van der Waals surface area contributed by atoms with Crippen LogP contribution in [0.2, 0.25) is 0 Å². The van der Waals surface area contributed by atoms with Gasteiger partial charge >= 0.3 is 6.03 Å². The standard InChI is InChI=1S/C19H22N2O2.C4H12N2O2S/c1-3-23-17-11-9-16(10-12-17)20-19(22)21-14(2)13-15-7-5-4-6-8-18(15)21;1-4(5)3-6-9(2,7)8/h4-6,8-12,14H,3,7,13H2,1-2H3,(H,20,22);4,6H,3,5H2,1-2H3. The van der Waals surface area contributed by atoms with Crippen LogP contribution in [-0.4, -0.2) is 50.8 Å². The minimum atomic E-state index is -3.05. The number of carbonyl (C=O) groups excluding carboxylic acids is 1. The van der Waals surface area contributed by atoms with E-state index in [0.717, 1.165) is 36.2 Å². The second-order valence-corrected chi connectivity index (χ2v) is 9.72. The van der Waals surface area contributed by atoms with E-state index in [9.17, 15) is 13.2 Å². The largest absolute Gasteiger partial charge is 0.494 e. The fourth-order valence-electron chi connectivity index (χ4n) is 3.36. The van der Waals surface area contributed by atoms with Crippen LogP contribution in [0.4, 0.5) is 10.5 Å². The Balaban J connectivity index is 0.000000344. The fourth-order valence-corrected chi connectivity index (χ4v) is 3.92. The quantitative estimate of drug-likeness (QED) is 0.600. The topological polar surface area (TPSA) is 114 Å². The highest BCUT2D eigenvalue weighted by molar-refractivity contribution is 7.88. The van der Waals surface area contributed by atoms with Crippen LogP contribution in [0.25, 0.3) is 0 Å². The van der Waals surface area contributed by atoms with E-state index in [1.54, 1.807) is 6.92 Å². The third kappa shape index (κ3) is 8.14. The second-order valence-electron chi connectivity index (χ2n) is 7.89. The summed E-state index contributed by atoms with van der Waals surface area (Å²) in [5.74, 6) is 0.808. The number of carbonyl (C=O) groups is 1. The molecular weight excluding hydrogens is 428 g/mol. The summed E-state index contributed by atoms with van der Waals surface area (Å²) in [6, 6.07) is 7.43. The maximum atomic E-state index is 12.7. The lowest BCUT2D eigenvalue weighted by atomic mass is 10.1. The number of urea groups is 1. The van der Waals surface area contributed by atoms with Crippen molar-refractivity contribution in [2.45, 2.75) is 45.7 Å². The number of hydrogen-bond acceptors (Lipinski definition) is 5. The molecule has 1 aliphatic heterocycles. The number of allylic oxidation sites excluding steroid dienone is 4. The molecule has 4 N–H and O–H groups in total. The summed E-state index contributed by atoms with van der Waals surface area (Å²) in [6.07, 6.45) is 11.2. The van der Waals surface area contributed by atoms with Gasteiger partial charge in [0.2, 0.25) is 10.0 Å². The molecule has 0 radical (unpaired) electrons. The molecule has 0 saturated carbocycles. The lowest BCUT2D eigenvalue weighted by molar-refractivity contribution is 0.218. The van der Waals surface area contributed by atoms with Crippen molar-refractivity contribution in [1.29, 1.82) is 0 Å². The number of rotatable bonds is 6. The van der Waals surface area contributed by atoms with E-state index in [1.807, 2.05) is 54.3 Å². The number of nitrogens with one attached hydrogen (secondary N) is 2. The van der Waals surface area contributed by atoms with E-state index in [4.69, 9.17) is 10.5 Å². The summed E-state index contributed by atoms with van der Waals surface area (Å²) in [5, 5.41) is 2.98. The number of amides is 2. The van der Waals surface area contributed by atoms with Crippen molar-refractivity contribution >= 4 is 21.7 Å². The molecule has 0 fully saturated rings. The average Bonchev–Trinajstić information content (AvgIpc) is 2.87. The highest BCUT2D eigenvalue weighted by Gasteiger charge is 2.31. The van der Waals surface area contributed by atoms with Gasteiger partial charge in [0.25, 0.3) is 0 Å². The Morgan fingerprint density at radius 3 is 2.53 bits per heavy atom. The summed E-state index contributed by atoms with van der Waals surface area (Å²) < 4.78 is 28.4. The van der Waals surface area contributed by atoms with E-state index in [2.05, 4.69) is 23.0 Å². The van der Waals surface area contributed by atoms with Crippen LogP contribution >= 0.6 is 0 Å². The van der Waals surface area contributed by atoms with Crippen LogP contribution in [0.5, 0.6) is 5.75 Å². The first kappa shape index (κ1) is 25.6. The average molecular weight is 463 g/mol. The normalized spacial score (nSPS) is 18.4. The summed E-state index contributed by atoms with van der Waals surface area (Å²) >= 11 is 0. The number of hydrogen-bond donors (Lipinski definition) is 3. The van der Waals surface area contributed by atoms with Gasteiger partial charge in [0.05, 0.1) is 12.9 Å². The first-order valence-electron chi connectivity index (χ1n) is 10.7. The predicted octanol–water partition coefficient (Wildman–Crippen LogP) is 3.36. The molecule has 2 atom stereocenters. The number of anilines is 1. The van der Waals surface area contributed by atoms with E-state index in [0.29, 0.717) is 13.2 Å². The van der Waals surface area contributed by atoms with Crippen LogP contribution in [-0.2, 0) is 10.0 Å². The Labute approximate surface area is 191 Å². The molecule has 0 aromatic heterocycles. The first-order valence-corrected chi connectivity index (χ1v) is 12.6. The Morgan fingerprint density at radius 1 is 1.28 bits per heavy atom. The predicted molar refractivity (Wildman–Crippen MR) is 129 cm³/mol. The summed E-state index contributed by atoms with van der Waals surface area (Å²) in [4.78, 5) is 14.6. The lowest BCUT2D eigenvalue weighted by Crippen LogP contribution is -2.37. The molecule has 0 bridgehead atoms. The third-order valence-electron chi connectivity index (χ3n) is 4.77. The molecule has 1 aromatic carbocycles. The minimum absolute atomic E-state index is 0.0850. The van der Waals surface area contributed by atoms with Crippen LogP contribution < -0.4 is 20.5 Å². The molecule has 2 unspecified atom stereocenters. The maximum Gasteiger partial charge on any atom is 0.326 e. The van der Waals surface area contributed by atoms with Crippen molar-refractivity contribution in [2.24, 2.45) is 5.73 Å². The Morgan fingerprint density at radius 2 is 1.97 bits per heavy atom. The molecule has 176 valence electrons. The molecular formula is C23H34N4O4S. The van der Waals surface area contributed by atoms with Gasteiger partial charge in [0.1, 0.15) is 5.75 Å². The number of sulfonamides is 1. The zero-order valence-corrected chi connectivity index (χ0v) is 20.0. The first-order chi connectivity index (χ1) is 15.1. The molecule has 0 spiro atoms. The van der Waals surface area contributed by atoms with Crippen molar-refractivity contribution in [3.63, 3.8) is 0 Å². The smallest absolute Gasteiger partial charge is 0.326 e. The van der Waals surface area contributed by atoms with Crippen molar-refractivity contribution < 1.29 is 17.9 Å². The zero-order valence-electron chi connectivity index (χ0n) is 19.2. The van der Waals surface area contributed by atoms with E-state index in [-0.39, 0.29) is 18.1 Å². The molecule has 9 heteroatoms. The van der Waals surface area contributed by atoms with Gasteiger partial charge < -0.3 is 15.8 Å². The summed E-state index contributed by atoms with van der Waals surface area (Å²) in [6.45, 7) is 6.71. The number of nitrogens with two attached hydrogens (primary N) is 1. The van der Waals surface area contributed by atoms with Crippen LogP contribution in [0.1, 0.15) is 33.6 Å². The van der Waals surface area contributed by atoms with Gasteiger partial charge in [-0.25, -0.2) is 17.9 Å². The number of nitrogens with zero attached hydrogens (tertiary/aromatic N) is 1. The minimum Gasteiger partial charge on any atom is -0.494 e. The zero-order chi connectivity index (χ0) is 23.7. The van der Waals surface area contributed by atoms with Gasteiger partial charge in [0.15, 0.2) is 0 Å². The highest BCUT2D eigenvalue weighted by Crippen LogP contribution is 2.33. The molecule has 1 aliphatic carbocycles. The Kier molecular flexibility index (Phi) is 9.49. The maximum absolute atomic E-state index is 12.7. The van der Waals surface area contributed by atoms with Gasteiger partial charge in [-0.1, -0.05) is 18.2 Å². The third-order valence-corrected chi connectivity index (χ3v) is 5.46. The van der Waals surface area contributed by atoms with Crippen molar-refractivity contribution in [3.8, 4) is 5.75 Å². The monoisotopic (exact) mass is 462 g/mol. The van der Waals surface area contributed by atoms with Gasteiger partial charge in [-0.2, -0.15) is 0 Å². The van der Waals surface area contributed by atoms with Crippen LogP contribution in [0.15, 0.2) is 59.8 Å². The fraction of sp³-hybridized carbons (Fsp3) is 0.435. The molecule has 3 rings (SSSR count). The molecule has 0 saturated heterocycles. The van der Waals surface area contributed by atoms with Crippen molar-refractivity contribution in [3.05, 3.63) is 59.8 Å². The molecule has 32 heavy (non-hydrogen) atoms. The molecule has 2 aliphatic rings. The van der Waals surface area contributed by atoms with Gasteiger partial charge in [-0.05, 0) is 69.5 Å². The van der Waals surface area contributed by atoms with Crippen molar-refractivity contribution in [2.75, 3.05) is 24.7 Å². The lowest BCUT2D eigenvalue weighted by Gasteiger charge is -2.24. The Bertz CT molecular complexity index is 966. The van der Waals surface area contributed by atoms with Crippen LogP contribution in [0.3, 0.4) is 0 Å². The highest BCUT2D eigenvalue weighted by atomic mass is 32.2. The van der Waals surface area contributed by atoms with Crippen molar-refractivity contribution in [1.82, 2.24) is 9.62 Å². The van der Waals surface area contributed by atoms with Gasteiger partial charge in [-0.3, -0.25) is 4.90 Å². The van der Waals surface area contributed by atoms with Crippen LogP contribution in [0, 0.1) is 0 Å². The second kappa shape index (κ2) is 11.8. The Hall–Kier alpha value is -2.62. The molecule has 2 amide bonds. The van der Waals surface area contributed by atoms with E-state index >= 15 is 0 Å². The SMILES string of the molecule is CC(N)CNS(C)(=O)=O.CCOc1ccc(NC(=O)N2C3=C(CC=CC=C3)CC2C)cc1. The number of benzene rings is 1. The summed E-state index contributed by atoms with van der Waals surface area (Å²) in [7, 11) is -3.05. The molecule has 1 aromatic rings. The number of ether oxygens (including phenoxy) is 1. The molecule has 1 heterocycles. The van der Waals surface area contributed by atoms with E-state index in [1.165, 1.54) is 5.57 Å². The van der Waals surface area contributed by atoms with Gasteiger partial charge in [0, 0.05) is 30.0 Å². The van der Waals surface area contributed by atoms with Gasteiger partial charge in [-0.15, -0.1) is 0 Å². The molecule has 8 nitrogen and oxygen atoms in total. The van der Waals surface area contributed by atoms with E-state index < -0.39 is 10.0 Å². The summed E-state index contributed by atoms with van der Waals surface area (Å²) in [5.41, 5.74) is 8.40.